The number of ether oxygens (including phenoxy) is 1. The Kier molecular flexibility index (Phi) is 7.09. The molecule has 0 atom stereocenters. The zero-order chi connectivity index (χ0) is 27.9. The van der Waals surface area contributed by atoms with Crippen LogP contribution >= 0.6 is 0 Å². The summed E-state index contributed by atoms with van der Waals surface area (Å²) in [6.07, 6.45) is 5.16. The number of nitrogens with zero attached hydrogens (tertiary/aromatic N) is 5. The van der Waals surface area contributed by atoms with Crippen LogP contribution in [0.3, 0.4) is 0 Å². The quantitative estimate of drug-likeness (QED) is 0.324. The Bertz CT molecular complexity index is 1500. The minimum atomic E-state index is -4.60. The molecule has 5 heterocycles. The van der Waals surface area contributed by atoms with Crippen LogP contribution in [0.2, 0.25) is 0 Å². The van der Waals surface area contributed by atoms with E-state index in [4.69, 9.17) is 0 Å². The van der Waals surface area contributed by atoms with Crippen molar-refractivity contribution in [3.05, 3.63) is 42.5 Å². The number of alkyl halides is 3. The molecule has 4 aromatic rings. The Morgan fingerprint density at radius 2 is 1.88 bits per heavy atom. The van der Waals surface area contributed by atoms with E-state index in [9.17, 15) is 18.0 Å². The summed E-state index contributed by atoms with van der Waals surface area (Å²) in [6, 6.07) is 3.99. The zero-order valence-electron chi connectivity index (χ0n) is 22.0. The summed E-state index contributed by atoms with van der Waals surface area (Å²) in [5.41, 5.74) is 3.65. The topological polar surface area (TPSA) is 112 Å². The monoisotopic (exact) mass is 556 g/mol. The molecule has 2 aliphatic rings. The summed E-state index contributed by atoms with van der Waals surface area (Å²) in [7, 11) is 2.09. The highest BCUT2D eigenvalue weighted by molar-refractivity contribution is 6.02. The lowest BCUT2D eigenvalue weighted by Gasteiger charge is -2.29. The van der Waals surface area contributed by atoms with Crippen molar-refractivity contribution in [3.8, 4) is 11.1 Å². The van der Waals surface area contributed by atoms with Crippen molar-refractivity contribution in [3.63, 3.8) is 0 Å². The molecular formula is C27H31F3N8O2. The number of aromatic amines is 1. The van der Waals surface area contributed by atoms with Gasteiger partial charge in [-0.25, -0.2) is 9.50 Å². The summed E-state index contributed by atoms with van der Waals surface area (Å²) in [5, 5.41) is 11.6. The normalized spacial score (nSPS) is 21.2. The summed E-state index contributed by atoms with van der Waals surface area (Å²) in [5.74, 6) is 0.291. The number of nitrogens with one attached hydrogen (secondary N) is 3. The minimum Gasteiger partial charge on any atom is -0.351 e. The number of pyridine rings is 1. The Morgan fingerprint density at radius 1 is 1.10 bits per heavy atom. The van der Waals surface area contributed by atoms with Crippen molar-refractivity contribution in [2.75, 3.05) is 25.5 Å². The molecule has 1 saturated heterocycles. The Hall–Kier alpha value is -3.71. The van der Waals surface area contributed by atoms with Crippen molar-refractivity contribution >= 4 is 28.4 Å². The molecule has 1 aliphatic carbocycles. The number of carbonyl (C=O) groups excluding carboxylic acids is 1. The van der Waals surface area contributed by atoms with Crippen molar-refractivity contribution in [2.45, 2.75) is 63.1 Å². The van der Waals surface area contributed by atoms with Gasteiger partial charge in [-0.05, 0) is 76.4 Å². The van der Waals surface area contributed by atoms with Gasteiger partial charge in [-0.3, -0.25) is 9.53 Å². The number of anilines is 1. The van der Waals surface area contributed by atoms with E-state index < -0.39 is 12.5 Å². The molecule has 13 heteroatoms. The highest BCUT2D eigenvalue weighted by Crippen LogP contribution is 2.31. The third-order valence-corrected chi connectivity index (χ3v) is 7.87. The maximum Gasteiger partial charge on any atom is 0.522 e. The standard InChI is InChI=1S/C27H31F3N8O2/c1-37-9-7-18(8-10-37)34-25(39)22-15-33-38-11-6-16(12-23(22)38)20-13-31-24-21(20)14-32-26(36-24)35-17-2-4-19(5-3-17)40-27(28,29)30/h6,11-15,17-19H,2-5,7-10H2,1H3,(H,34,39)(H2,31,32,35,36)/t17-,19+. The molecule has 1 saturated carbocycles. The number of hydrogen-bond donors (Lipinski definition) is 3. The van der Waals surface area contributed by atoms with Gasteiger partial charge in [-0.2, -0.15) is 10.1 Å². The van der Waals surface area contributed by atoms with Gasteiger partial charge >= 0.3 is 6.36 Å². The van der Waals surface area contributed by atoms with Crippen LogP contribution in [-0.4, -0.2) is 80.1 Å². The summed E-state index contributed by atoms with van der Waals surface area (Å²) in [4.78, 5) is 27.6. The number of hydrogen-bond acceptors (Lipinski definition) is 7. The van der Waals surface area contributed by atoms with Crippen molar-refractivity contribution in [1.29, 1.82) is 0 Å². The summed E-state index contributed by atoms with van der Waals surface area (Å²) < 4.78 is 43.3. The summed E-state index contributed by atoms with van der Waals surface area (Å²) >= 11 is 0. The van der Waals surface area contributed by atoms with Gasteiger partial charge in [0.25, 0.3) is 5.91 Å². The average Bonchev–Trinajstić information content (AvgIpc) is 3.54. The second-order valence-electron chi connectivity index (χ2n) is 10.7. The van der Waals surface area contributed by atoms with E-state index in [0.717, 1.165) is 42.4 Å². The lowest BCUT2D eigenvalue weighted by Crippen LogP contribution is -2.43. The second kappa shape index (κ2) is 10.7. The van der Waals surface area contributed by atoms with Crippen LogP contribution in [0.25, 0.3) is 27.7 Å². The molecule has 10 nitrogen and oxygen atoms in total. The molecule has 212 valence electrons. The van der Waals surface area contributed by atoms with Crippen LogP contribution in [0.4, 0.5) is 19.1 Å². The van der Waals surface area contributed by atoms with Gasteiger partial charge in [0.2, 0.25) is 5.95 Å². The lowest BCUT2D eigenvalue weighted by atomic mass is 9.93. The Balaban J connectivity index is 1.16. The fourth-order valence-electron chi connectivity index (χ4n) is 5.65. The predicted molar refractivity (Wildman–Crippen MR) is 143 cm³/mol. The van der Waals surface area contributed by atoms with E-state index in [1.54, 1.807) is 16.9 Å². The SMILES string of the molecule is CN1CCC(NC(=O)c2cnn3ccc(-c4c[nH]c5nc(N[C@H]6CC[C@@H](OC(F)(F)F)CC6)ncc45)cc23)CC1. The zero-order valence-corrected chi connectivity index (χ0v) is 22.0. The van der Waals surface area contributed by atoms with E-state index >= 15 is 0 Å². The number of halogens is 3. The molecule has 2 fully saturated rings. The maximum absolute atomic E-state index is 13.1. The Labute approximate surface area is 228 Å². The number of piperidine rings is 1. The van der Waals surface area contributed by atoms with E-state index in [1.807, 2.05) is 24.5 Å². The van der Waals surface area contributed by atoms with Gasteiger partial charge in [0, 0.05) is 41.6 Å². The Morgan fingerprint density at radius 3 is 2.62 bits per heavy atom. The molecule has 0 bridgehead atoms. The van der Waals surface area contributed by atoms with Crippen LogP contribution in [0.5, 0.6) is 0 Å². The highest BCUT2D eigenvalue weighted by Gasteiger charge is 2.35. The number of rotatable bonds is 6. The van der Waals surface area contributed by atoms with E-state index in [0.29, 0.717) is 48.4 Å². The van der Waals surface area contributed by atoms with Crippen LogP contribution in [0.1, 0.15) is 48.9 Å². The van der Waals surface area contributed by atoms with Gasteiger partial charge in [0.05, 0.1) is 23.4 Å². The summed E-state index contributed by atoms with van der Waals surface area (Å²) in [6.45, 7) is 1.92. The molecular weight excluding hydrogens is 525 g/mol. The number of amides is 1. The van der Waals surface area contributed by atoms with Crippen molar-refractivity contribution in [1.82, 2.24) is 34.8 Å². The van der Waals surface area contributed by atoms with E-state index in [2.05, 4.69) is 47.4 Å². The first kappa shape index (κ1) is 26.5. The number of aromatic nitrogens is 5. The van der Waals surface area contributed by atoms with Gasteiger partial charge in [0.15, 0.2) is 0 Å². The number of carbonyl (C=O) groups is 1. The van der Waals surface area contributed by atoms with Crippen LogP contribution < -0.4 is 10.6 Å². The maximum atomic E-state index is 13.1. The minimum absolute atomic E-state index is 0.0247. The molecule has 0 aromatic carbocycles. The van der Waals surface area contributed by atoms with Gasteiger partial charge in [-0.15, -0.1) is 13.2 Å². The number of likely N-dealkylation sites (tertiary alicyclic amines) is 1. The first-order valence-corrected chi connectivity index (χ1v) is 13.5. The molecule has 0 radical (unpaired) electrons. The largest absolute Gasteiger partial charge is 0.522 e. The third kappa shape index (κ3) is 5.75. The van der Waals surface area contributed by atoms with Crippen LogP contribution in [0.15, 0.2) is 36.9 Å². The molecule has 0 unspecified atom stereocenters. The molecule has 0 spiro atoms. The van der Waals surface area contributed by atoms with Crippen molar-refractivity contribution < 1.29 is 22.7 Å². The van der Waals surface area contributed by atoms with Gasteiger partial charge < -0.3 is 20.5 Å². The first-order valence-electron chi connectivity index (χ1n) is 13.5. The molecule has 3 N–H and O–H groups in total. The molecule has 40 heavy (non-hydrogen) atoms. The number of fused-ring (bicyclic) bond motifs is 2. The second-order valence-corrected chi connectivity index (χ2v) is 10.7. The fourth-order valence-corrected chi connectivity index (χ4v) is 5.65. The smallest absolute Gasteiger partial charge is 0.351 e. The lowest BCUT2D eigenvalue weighted by molar-refractivity contribution is -0.345. The fraction of sp³-hybridized carbons (Fsp3) is 0.481. The highest BCUT2D eigenvalue weighted by atomic mass is 19.4. The molecule has 6 rings (SSSR count). The van der Waals surface area contributed by atoms with Crippen LogP contribution in [-0.2, 0) is 4.74 Å². The molecule has 1 aliphatic heterocycles. The number of H-pyrrole nitrogens is 1. The first-order chi connectivity index (χ1) is 19.2. The average molecular weight is 557 g/mol. The third-order valence-electron chi connectivity index (χ3n) is 7.87. The van der Waals surface area contributed by atoms with Gasteiger partial charge in [0.1, 0.15) is 5.65 Å². The van der Waals surface area contributed by atoms with Crippen LogP contribution in [0, 0.1) is 0 Å². The predicted octanol–water partition coefficient (Wildman–Crippen LogP) is 4.36. The van der Waals surface area contributed by atoms with E-state index in [-0.39, 0.29) is 18.0 Å². The van der Waals surface area contributed by atoms with Gasteiger partial charge in [-0.1, -0.05) is 0 Å². The molecule has 4 aromatic heterocycles. The molecule has 1 amide bonds. The van der Waals surface area contributed by atoms with E-state index in [1.165, 1.54) is 0 Å². The van der Waals surface area contributed by atoms with Crippen molar-refractivity contribution in [2.24, 2.45) is 0 Å².